The quantitative estimate of drug-likeness (QED) is 0.914. The summed E-state index contributed by atoms with van der Waals surface area (Å²) in [6.45, 7) is 5.32. The second-order valence-electron chi connectivity index (χ2n) is 5.50. The van der Waals surface area contributed by atoms with E-state index in [9.17, 15) is 0 Å². The van der Waals surface area contributed by atoms with Gasteiger partial charge in [-0.2, -0.15) is 0 Å². The van der Waals surface area contributed by atoms with Gasteiger partial charge >= 0.3 is 0 Å². The van der Waals surface area contributed by atoms with Gasteiger partial charge in [0.05, 0.1) is 13.2 Å². The van der Waals surface area contributed by atoms with Crippen LogP contribution >= 0.6 is 11.6 Å². The SMILES string of the molecule is Clc1ccc(CNCc2ccc(N3CCOCC3)cc2)cc1. The number of halogens is 1. The molecule has 2 aromatic rings. The summed E-state index contributed by atoms with van der Waals surface area (Å²) in [5.41, 5.74) is 3.82. The summed E-state index contributed by atoms with van der Waals surface area (Å²) in [7, 11) is 0. The molecule has 22 heavy (non-hydrogen) atoms. The number of benzene rings is 2. The largest absolute Gasteiger partial charge is 0.378 e. The average molecular weight is 317 g/mol. The fraction of sp³-hybridized carbons (Fsp3) is 0.333. The lowest BCUT2D eigenvalue weighted by Crippen LogP contribution is -2.36. The van der Waals surface area contributed by atoms with E-state index in [0.29, 0.717) is 0 Å². The zero-order chi connectivity index (χ0) is 15.2. The molecule has 1 aliphatic rings. The Bertz CT molecular complexity index is 577. The number of ether oxygens (including phenoxy) is 1. The van der Waals surface area contributed by atoms with Crippen molar-refractivity contribution >= 4 is 17.3 Å². The highest BCUT2D eigenvalue weighted by Gasteiger charge is 2.10. The van der Waals surface area contributed by atoms with Gasteiger partial charge in [-0.25, -0.2) is 0 Å². The molecule has 0 bridgehead atoms. The van der Waals surface area contributed by atoms with Crippen LogP contribution in [-0.2, 0) is 17.8 Å². The topological polar surface area (TPSA) is 24.5 Å². The molecule has 0 radical (unpaired) electrons. The molecule has 4 heteroatoms. The molecule has 1 saturated heterocycles. The Morgan fingerprint density at radius 2 is 1.41 bits per heavy atom. The second kappa shape index (κ2) is 7.63. The molecule has 0 aromatic heterocycles. The molecule has 116 valence electrons. The molecule has 0 saturated carbocycles. The summed E-state index contributed by atoms with van der Waals surface area (Å²) in [4.78, 5) is 2.37. The van der Waals surface area contributed by atoms with Crippen LogP contribution in [0, 0.1) is 0 Å². The highest BCUT2D eigenvalue weighted by atomic mass is 35.5. The van der Waals surface area contributed by atoms with E-state index in [2.05, 4.69) is 46.6 Å². The van der Waals surface area contributed by atoms with E-state index in [0.717, 1.165) is 44.4 Å². The minimum absolute atomic E-state index is 0.780. The number of anilines is 1. The van der Waals surface area contributed by atoms with Crippen LogP contribution in [0.2, 0.25) is 5.02 Å². The molecule has 0 amide bonds. The number of morpholine rings is 1. The van der Waals surface area contributed by atoms with Crippen molar-refractivity contribution in [3.63, 3.8) is 0 Å². The van der Waals surface area contributed by atoms with E-state index < -0.39 is 0 Å². The van der Waals surface area contributed by atoms with Crippen LogP contribution in [0.5, 0.6) is 0 Å². The zero-order valence-electron chi connectivity index (χ0n) is 12.6. The Morgan fingerprint density at radius 3 is 2.00 bits per heavy atom. The van der Waals surface area contributed by atoms with Gasteiger partial charge in [0, 0.05) is 36.9 Å². The smallest absolute Gasteiger partial charge is 0.0642 e. The standard InChI is InChI=1S/C18H21ClN2O/c19-17-5-1-15(2-6-17)13-20-14-16-3-7-18(8-4-16)21-9-11-22-12-10-21/h1-8,20H,9-14H2. The fourth-order valence-corrected chi connectivity index (χ4v) is 2.73. The molecule has 2 aromatic carbocycles. The van der Waals surface area contributed by atoms with Crippen molar-refractivity contribution in [1.29, 1.82) is 0 Å². The predicted octanol–water partition coefficient (Wildman–Crippen LogP) is 3.47. The summed E-state index contributed by atoms with van der Waals surface area (Å²) in [6, 6.07) is 16.7. The first-order chi connectivity index (χ1) is 10.8. The Labute approximate surface area is 136 Å². The van der Waals surface area contributed by atoms with Gasteiger partial charge in [-0.1, -0.05) is 35.9 Å². The maximum atomic E-state index is 5.89. The molecular weight excluding hydrogens is 296 g/mol. The third kappa shape index (κ3) is 4.23. The maximum Gasteiger partial charge on any atom is 0.0642 e. The molecule has 0 atom stereocenters. The normalized spacial score (nSPS) is 15.0. The molecule has 1 aliphatic heterocycles. The number of nitrogens with one attached hydrogen (secondary N) is 1. The van der Waals surface area contributed by atoms with Crippen molar-refractivity contribution in [2.75, 3.05) is 31.2 Å². The lowest BCUT2D eigenvalue weighted by atomic mass is 10.1. The molecule has 3 rings (SSSR count). The van der Waals surface area contributed by atoms with Crippen molar-refractivity contribution in [1.82, 2.24) is 5.32 Å². The third-order valence-electron chi connectivity index (χ3n) is 3.88. The van der Waals surface area contributed by atoms with Gasteiger partial charge in [0.2, 0.25) is 0 Å². The van der Waals surface area contributed by atoms with Crippen molar-refractivity contribution in [2.24, 2.45) is 0 Å². The van der Waals surface area contributed by atoms with Crippen molar-refractivity contribution in [3.05, 3.63) is 64.7 Å². The maximum absolute atomic E-state index is 5.89. The lowest BCUT2D eigenvalue weighted by Gasteiger charge is -2.28. The fourth-order valence-electron chi connectivity index (χ4n) is 2.60. The highest BCUT2D eigenvalue weighted by Crippen LogP contribution is 2.16. The molecular formula is C18H21ClN2O. The Hall–Kier alpha value is -1.55. The van der Waals surface area contributed by atoms with Gasteiger partial charge in [-0.05, 0) is 35.4 Å². The van der Waals surface area contributed by atoms with Crippen LogP contribution in [0.4, 0.5) is 5.69 Å². The third-order valence-corrected chi connectivity index (χ3v) is 4.14. The molecule has 1 N–H and O–H groups in total. The van der Waals surface area contributed by atoms with E-state index in [-0.39, 0.29) is 0 Å². The van der Waals surface area contributed by atoms with E-state index >= 15 is 0 Å². The van der Waals surface area contributed by atoms with Gasteiger partial charge in [0.1, 0.15) is 0 Å². The highest BCUT2D eigenvalue weighted by molar-refractivity contribution is 6.30. The van der Waals surface area contributed by atoms with Crippen LogP contribution in [0.1, 0.15) is 11.1 Å². The van der Waals surface area contributed by atoms with E-state index in [1.165, 1.54) is 16.8 Å². The minimum atomic E-state index is 0.780. The summed E-state index contributed by atoms with van der Waals surface area (Å²) in [5, 5.41) is 4.24. The van der Waals surface area contributed by atoms with Gasteiger partial charge < -0.3 is 15.0 Å². The summed E-state index contributed by atoms with van der Waals surface area (Å²) in [6.07, 6.45) is 0. The van der Waals surface area contributed by atoms with Crippen molar-refractivity contribution in [2.45, 2.75) is 13.1 Å². The molecule has 0 unspecified atom stereocenters. The summed E-state index contributed by atoms with van der Waals surface area (Å²) < 4.78 is 5.39. The Kier molecular flexibility index (Phi) is 5.33. The van der Waals surface area contributed by atoms with Gasteiger partial charge in [-0.3, -0.25) is 0 Å². The molecule has 1 heterocycles. The number of hydrogen-bond acceptors (Lipinski definition) is 3. The van der Waals surface area contributed by atoms with Gasteiger partial charge in [-0.15, -0.1) is 0 Å². The first-order valence-corrected chi connectivity index (χ1v) is 8.06. The first-order valence-electron chi connectivity index (χ1n) is 7.68. The average Bonchev–Trinajstić information content (AvgIpc) is 2.58. The minimum Gasteiger partial charge on any atom is -0.378 e. The molecule has 0 spiro atoms. The Morgan fingerprint density at radius 1 is 0.864 bits per heavy atom. The van der Waals surface area contributed by atoms with Crippen molar-refractivity contribution < 1.29 is 4.74 Å². The summed E-state index contributed by atoms with van der Waals surface area (Å²) in [5.74, 6) is 0. The molecule has 3 nitrogen and oxygen atoms in total. The number of nitrogens with zero attached hydrogens (tertiary/aromatic N) is 1. The lowest BCUT2D eigenvalue weighted by molar-refractivity contribution is 0.122. The first kappa shape index (κ1) is 15.3. The van der Waals surface area contributed by atoms with E-state index in [1.54, 1.807) is 0 Å². The second-order valence-corrected chi connectivity index (χ2v) is 5.93. The zero-order valence-corrected chi connectivity index (χ0v) is 13.4. The van der Waals surface area contributed by atoms with Crippen LogP contribution < -0.4 is 10.2 Å². The monoisotopic (exact) mass is 316 g/mol. The van der Waals surface area contributed by atoms with E-state index in [4.69, 9.17) is 16.3 Å². The van der Waals surface area contributed by atoms with Crippen LogP contribution in [-0.4, -0.2) is 26.3 Å². The van der Waals surface area contributed by atoms with Crippen LogP contribution in [0.15, 0.2) is 48.5 Å². The molecule has 0 aliphatic carbocycles. The summed E-state index contributed by atoms with van der Waals surface area (Å²) >= 11 is 5.89. The van der Waals surface area contributed by atoms with Crippen molar-refractivity contribution in [3.8, 4) is 0 Å². The van der Waals surface area contributed by atoms with Crippen LogP contribution in [0.3, 0.4) is 0 Å². The number of rotatable bonds is 5. The van der Waals surface area contributed by atoms with Gasteiger partial charge in [0.15, 0.2) is 0 Å². The number of hydrogen-bond donors (Lipinski definition) is 1. The molecule has 1 fully saturated rings. The Balaban J connectivity index is 1.49. The van der Waals surface area contributed by atoms with Crippen LogP contribution in [0.25, 0.3) is 0 Å². The van der Waals surface area contributed by atoms with Gasteiger partial charge in [0.25, 0.3) is 0 Å². The predicted molar refractivity (Wildman–Crippen MR) is 91.5 cm³/mol. The van der Waals surface area contributed by atoms with E-state index in [1.807, 2.05) is 12.1 Å².